The van der Waals surface area contributed by atoms with Crippen LogP contribution in [0.1, 0.15) is 11.3 Å². The van der Waals surface area contributed by atoms with E-state index in [4.69, 9.17) is 5.73 Å². The molecule has 4 rings (SSSR count). The Bertz CT molecular complexity index is 1100. The van der Waals surface area contributed by atoms with E-state index in [0.29, 0.717) is 23.7 Å². The smallest absolute Gasteiger partial charge is 0.206 e. The summed E-state index contributed by atoms with van der Waals surface area (Å²) in [6, 6.07) is 9.07. The molecular formula is C19H18F2N6S. The Balaban J connectivity index is 1.40. The van der Waals surface area contributed by atoms with Gasteiger partial charge in [0.15, 0.2) is 0 Å². The fraction of sp³-hybridized carbons (Fsp3) is 0.211. The average Bonchev–Trinajstić information content (AvgIpc) is 3.26. The number of aryl methyl sites for hydroxylation is 1. The number of anilines is 1. The van der Waals surface area contributed by atoms with Crippen LogP contribution in [0, 0.1) is 18.6 Å². The van der Waals surface area contributed by atoms with Crippen LogP contribution >= 0.6 is 11.3 Å². The highest BCUT2D eigenvalue weighted by Gasteiger charge is 2.11. The van der Waals surface area contributed by atoms with E-state index in [1.165, 1.54) is 23.5 Å². The standard InChI is InChI=1S/C19H18F2N6S/c1-10-16-7-12(2-3-17(16)25-24-10)18-26-27-19(28-18)23-9-15(22)6-11-4-13(20)8-14(21)5-11/h2-5,7-8,15H,6,9,22H2,1H3,(H,23,27)(H,24,25)/t15-/m1/s1. The van der Waals surface area contributed by atoms with Gasteiger partial charge in [0.2, 0.25) is 5.13 Å². The molecule has 2 aromatic carbocycles. The molecule has 0 spiro atoms. The molecule has 1 atom stereocenters. The third kappa shape index (κ3) is 4.00. The van der Waals surface area contributed by atoms with Crippen LogP contribution in [0.25, 0.3) is 21.5 Å². The third-order valence-corrected chi connectivity index (χ3v) is 5.29. The van der Waals surface area contributed by atoms with Crippen LogP contribution in [0.4, 0.5) is 13.9 Å². The number of halogens is 2. The van der Waals surface area contributed by atoms with E-state index >= 15 is 0 Å². The lowest BCUT2D eigenvalue weighted by Gasteiger charge is -2.12. The van der Waals surface area contributed by atoms with Crippen molar-refractivity contribution in [3.05, 3.63) is 59.3 Å². The number of nitrogens with one attached hydrogen (secondary N) is 2. The third-order valence-electron chi connectivity index (χ3n) is 4.36. The number of hydrogen-bond acceptors (Lipinski definition) is 6. The molecule has 28 heavy (non-hydrogen) atoms. The second-order valence-electron chi connectivity index (χ2n) is 6.60. The number of H-pyrrole nitrogens is 1. The van der Waals surface area contributed by atoms with Crippen LogP contribution < -0.4 is 11.1 Å². The Morgan fingerprint density at radius 2 is 1.93 bits per heavy atom. The number of nitrogens with two attached hydrogens (primary N) is 1. The Labute approximate surface area is 163 Å². The molecule has 0 saturated carbocycles. The molecule has 0 radical (unpaired) electrons. The van der Waals surface area contributed by atoms with Crippen molar-refractivity contribution >= 4 is 27.4 Å². The molecule has 0 saturated heterocycles. The molecule has 0 unspecified atom stereocenters. The van der Waals surface area contributed by atoms with E-state index in [0.717, 1.165) is 33.2 Å². The first kappa shape index (κ1) is 18.5. The van der Waals surface area contributed by atoms with Gasteiger partial charge in [0.05, 0.1) is 11.2 Å². The van der Waals surface area contributed by atoms with Gasteiger partial charge in [-0.15, -0.1) is 10.2 Å². The molecule has 0 fully saturated rings. The van der Waals surface area contributed by atoms with Crippen molar-refractivity contribution in [3.8, 4) is 10.6 Å². The summed E-state index contributed by atoms with van der Waals surface area (Å²) in [5.41, 5.74) is 9.47. The largest absolute Gasteiger partial charge is 0.359 e. The average molecular weight is 400 g/mol. The Morgan fingerprint density at radius 1 is 1.14 bits per heavy atom. The number of rotatable bonds is 6. The topological polar surface area (TPSA) is 92.5 Å². The molecule has 0 bridgehead atoms. The van der Waals surface area contributed by atoms with Crippen LogP contribution in [0.3, 0.4) is 0 Å². The van der Waals surface area contributed by atoms with Gasteiger partial charge in [-0.25, -0.2) is 8.78 Å². The van der Waals surface area contributed by atoms with Crippen LogP contribution in [-0.2, 0) is 6.42 Å². The number of benzene rings is 2. The van der Waals surface area contributed by atoms with Crippen molar-refractivity contribution in [2.75, 3.05) is 11.9 Å². The second-order valence-corrected chi connectivity index (χ2v) is 7.58. The minimum absolute atomic E-state index is 0.321. The zero-order chi connectivity index (χ0) is 19.7. The summed E-state index contributed by atoms with van der Waals surface area (Å²) in [6.07, 6.45) is 0.351. The van der Waals surface area contributed by atoms with E-state index in [-0.39, 0.29) is 6.04 Å². The fourth-order valence-electron chi connectivity index (χ4n) is 3.01. The number of aromatic nitrogens is 4. The lowest BCUT2D eigenvalue weighted by atomic mass is 10.1. The predicted molar refractivity (Wildman–Crippen MR) is 106 cm³/mol. The summed E-state index contributed by atoms with van der Waals surface area (Å²) in [5, 5.41) is 21.2. The zero-order valence-electron chi connectivity index (χ0n) is 15.0. The fourth-order valence-corrected chi connectivity index (χ4v) is 3.76. The summed E-state index contributed by atoms with van der Waals surface area (Å²) >= 11 is 1.42. The first-order valence-corrected chi connectivity index (χ1v) is 9.52. The maximum Gasteiger partial charge on any atom is 0.206 e. The maximum absolute atomic E-state index is 13.3. The highest BCUT2D eigenvalue weighted by atomic mass is 32.1. The van der Waals surface area contributed by atoms with Crippen molar-refractivity contribution in [3.63, 3.8) is 0 Å². The molecule has 0 aliphatic rings. The van der Waals surface area contributed by atoms with Crippen molar-refractivity contribution in [1.82, 2.24) is 20.4 Å². The first-order chi connectivity index (χ1) is 13.5. The maximum atomic E-state index is 13.3. The van der Waals surface area contributed by atoms with Crippen molar-refractivity contribution in [2.45, 2.75) is 19.4 Å². The summed E-state index contributed by atoms with van der Waals surface area (Å²) in [6.45, 7) is 2.36. The summed E-state index contributed by atoms with van der Waals surface area (Å²) in [4.78, 5) is 0. The molecule has 4 aromatic rings. The zero-order valence-corrected chi connectivity index (χ0v) is 15.9. The number of hydrogen-bond donors (Lipinski definition) is 3. The highest BCUT2D eigenvalue weighted by Crippen LogP contribution is 2.29. The first-order valence-electron chi connectivity index (χ1n) is 8.71. The van der Waals surface area contributed by atoms with Gasteiger partial charge in [0.25, 0.3) is 0 Å². The molecule has 144 valence electrons. The lowest BCUT2D eigenvalue weighted by molar-refractivity contribution is 0.576. The summed E-state index contributed by atoms with van der Waals surface area (Å²) in [7, 11) is 0. The van der Waals surface area contributed by atoms with E-state index in [1.807, 2.05) is 25.1 Å². The predicted octanol–water partition coefficient (Wildman–Crippen LogP) is 3.65. The van der Waals surface area contributed by atoms with Crippen LogP contribution in [0.5, 0.6) is 0 Å². The lowest BCUT2D eigenvalue weighted by Crippen LogP contribution is -2.31. The molecule has 0 amide bonds. The monoisotopic (exact) mass is 400 g/mol. The van der Waals surface area contributed by atoms with Crippen molar-refractivity contribution in [2.24, 2.45) is 5.73 Å². The number of fused-ring (bicyclic) bond motifs is 1. The van der Waals surface area contributed by atoms with Gasteiger partial charge in [0.1, 0.15) is 16.6 Å². The van der Waals surface area contributed by atoms with Gasteiger partial charge in [-0.05, 0) is 49.2 Å². The minimum atomic E-state index is -0.603. The molecule has 2 heterocycles. The number of aromatic amines is 1. The van der Waals surface area contributed by atoms with Gasteiger partial charge in [-0.2, -0.15) is 5.10 Å². The Kier molecular flexibility index (Phi) is 5.01. The van der Waals surface area contributed by atoms with Gasteiger partial charge < -0.3 is 11.1 Å². The number of nitrogens with zero attached hydrogens (tertiary/aromatic N) is 3. The minimum Gasteiger partial charge on any atom is -0.359 e. The van der Waals surface area contributed by atoms with Crippen molar-refractivity contribution in [1.29, 1.82) is 0 Å². The highest BCUT2D eigenvalue weighted by molar-refractivity contribution is 7.18. The van der Waals surface area contributed by atoms with Gasteiger partial charge in [0, 0.05) is 29.6 Å². The van der Waals surface area contributed by atoms with Gasteiger partial charge >= 0.3 is 0 Å². The van der Waals surface area contributed by atoms with E-state index in [2.05, 4.69) is 25.7 Å². The van der Waals surface area contributed by atoms with Crippen molar-refractivity contribution < 1.29 is 8.78 Å². The second kappa shape index (κ2) is 7.61. The molecule has 9 heteroatoms. The molecule has 0 aliphatic heterocycles. The SMILES string of the molecule is Cc1n[nH]c2ccc(-c3nnc(NC[C@H](N)Cc4cc(F)cc(F)c4)s3)cc12. The normalized spacial score (nSPS) is 12.4. The van der Waals surface area contributed by atoms with Gasteiger partial charge in [-0.3, -0.25) is 5.10 Å². The van der Waals surface area contributed by atoms with Crippen LogP contribution in [0.15, 0.2) is 36.4 Å². The molecule has 6 nitrogen and oxygen atoms in total. The molecule has 0 aliphatic carbocycles. The Hall–Kier alpha value is -2.91. The van der Waals surface area contributed by atoms with Crippen LogP contribution in [-0.4, -0.2) is 33.0 Å². The molecule has 2 aromatic heterocycles. The van der Waals surface area contributed by atoms with Crippen LogP contribution in [0.2, 0.25) is 0 Å². The summed E-state index contributed by atoms with van der Waals surface area (Å²) in [5.74, 6) is -1.21. The van der Waals surface area contributed by atoms with Gasteiger partial charge in [-0.1, -0.05) is 11.3 Å². The molecule has 4 N–H and O–H groups in total. The quantitative estimate of drug-likeness (QED) is 0.459. The van der Waals surface area contributed by atoms with E-state index < -0.39 is 11.6 Å². The van der Waals surface area contributed by atoms with E-state index in [1.54, 1.807) is 0 Å². The van der Waals surface area contributed by atoms with E-state index in [9.17, 15) is 8.78 Å². The molecular weight excluding hydrogens is 382 g/mol. The summed E-state index contributed by atoms with van der Waals surface area (Å²) < 4.78 is 26.6. The Morgan fingerprint density at radius 3 is 2.71 bits per heavy atom.